The molecule has 0 saturated heterocycles. The van der Waals surface area contributed by atoms with E-state index in [1.807, 2.05) is 49.4 Å². The molecule has 100 valence electrons. The van der Waals surface area contributed by atoms with Gasteiger partial charge in [-0.25, -0.2) is 0 Å². The summed E-state index contributed by atoms with van der Waals surface area (Å²) in [6, 6.07) is 15.4. The van der Waals surface area contributed by atoms with E-state index in [-0.39, 0.29) is 11.9 Å². The van der Waals surface area contributed by atoms with Crippen LogP contribution in [0, 0.1) is 0 Å². The van der Waals surface area contributed by atoms with E-state index in [0.29, 0.717) is 5.56 Å². The minimum atomic E-state index is -0.0792. The highest BCUT2D eigenvalue weighted by Gasteiger charge is 2.11. The molecule has 2 aromatic carbocycles. The second-order valence-electron chi connectivity index (χ2n) is 4.78. The lowest BCUT2D eigenvalue weighted by molar-refractivity contribution is 0.0940. The summed E-state index contributed by atoms with van der Waals surface area (Å²) in [6.07, 6.45) is 1.72. The number of amides is 1. The third-order valence-electron chi connectivity index (χ3n) is 3.35. The molecule has 0 fully saturated rings. The van der Waals surface area contributed by atoms with Crippen LogP contribution in [-0.4, -0.2) is 16.1 Å². The standard InChI is InChI=1S/C16H15N3O/c1-11(12-5-3-2-4-6-12)18-16(20)13-7-8-15-14(9-13)10-17-19-15/h2-11H,1H3,(H,17,19)(H,18,20). The Morgan fingerprint density at radius 1 is 1.20 bits per heavy atom. The molecule has 0 bridgehead atoms. The SMILES string of the molecule is CC(NC(=O)c1ccc2[nH]ncc2c1)c1ccccc1. The fourth-order valence-electron chi connectivity index (χ4n) is 2.19. The van der Waals surface area contributed by atoms with Crippen LogP contribution in [-0.2, 0) is 0 Å². The molecular formula is C16H15N3O. The Morgan fingerprint density at radius 3 is 2.80 bits per heavy atom. The molecule has 20 heavy (non-hydrogen) atoms. The van der Waals surface area contributed by atoms with Gasteiger partial charge in [-0.3, -0.25) is 9.89 Å². The highest BCUT2D eigenvalue weighted by molar-refractivity contribution is 5.98. The summed E-state index contributed by atoms with van der Waals surface area (Å²) in [7, 11) is 0. The Labute approximate surface area is 116 Å². The number of benzene rings is 2. The first kappa shape index (κ1) is 12.4. The molecule has 0 aliphatic carbocycles. The van der Waals surface area contributed by atoms with Crippen molar-refractivity contribution in [1.29, 1.82) is 0 Å². The van der Waals surface area contributed by atoms with E-state index in [1.54, 1.807) is 12.3 Å². The molecular weight excluding hydrogens is 250 g/mol. The van der Waals surface area contributed by atoms with Crippen LogP contribution in [0.15, 0.2) is 54.7 Å². The second kappa shape index (κ2) is 5.17. The molecule has 0 saturated carbocycles. The molecule has 4 nitrogen and oxygen atoms in total. The van der Waals surface area contributed by atoms with Crippen molar-refractivity contribution < 1.29 is 4.79 Å². The number of carbonyl (C=O) groups is 1. The average molecular weight is 265 g/mol. The third kappa shape index (κ3) is 2.40. The number of rotatable bonds is 3. The maximum Gasteiger partial charge on any atom is 0.251 e. The van der Waals surface area contributed by atoms with Crippen LogP contribution in [0.4, 0.5) is 0 Å². The van der Waals surface area contributed by atoms with Crippen LogP contribution in [0.25, 0.3) is 10.9 Å². The molecule has 1 aromatic heterocycles. The highest BCUT2D eigenvalue weighted by atomic mass is 16.1. The van der Waals surface area contributed by atoms with Crippen molar-refractivity contribution >= 4 is 16.8 Å². The lowest BCUT2D eigenvalue weighted by atomic mass is 10.1. The van der Waals surface area contributed by atoms with Crippen LogP contribution >= 0.6 is 0 Å². The van der Waals surface area contributed by atoms with Gasteiger partial charge < -0.3 is 5.32 Å². The molecule has 3 aromatic rings. The predicted molar refractivity (Wildman–Crippen MR) is 78.4 cm³/mol. The van der Waals surface area contributed by atoms with Gasteiger partial charge >= 0.3 is 0 Å². The van der Waals surface area contributed by atoms with E-state index in [2.05, 4.69) is 15.5 Å². The van der Waals surface area contributed by atoms with Gasteiger partial charge in [0.1, 0.15) is 0 Å². The molecule has 3 rings (SSSR count). The fraction of sp³-hybridized carbons (Fsp3) is 0.125. The summed E-state index contributed by atoms with van der Waals surface area (Å²) in [4.78, 5) is 12.3. The summed E-state index contributed by atoms with van der Waals surface area (Å²) < 4.78 is 0. The summed E-state index contributed by atoms with van der Waals surface area (Å²) in [5.41, 5.74) is 2.66. The smallest absolute Gasteiger partial charge is 0.251 e. The molecule has 2 N–H and O–H groups in total. The van der Waals surface area contributed by atoms with Crippen LogP contribution in [0.1, 0.15) is 28.9 Å². The first-order valence-corrected chi connectivity index (χ1v) is 6.53. The van der Waals surface area contributed by atoms with E-state index >= 15 is 0 Å². The number of hydrogen-bond acceptors (Lipinski definition) is 2. The monoisotopic (exact) mass is 265 g/mol. The van der Waals surface area contributed by atoms with Gasteiger partial charge in [0.2, 0.25) is 0 Å². The van der Waals surface area contributed by atoms with E-state index < -0.39 is 0 Å². The summed E-state index contributed by atoms with van der Waals surface area (Å²) in [5.74, 6) is -0.0792. The van der Waals surface area contributed by atoms with Crippen molar-refractivity contribution in [1.82, 2.24) is 15.5 Å². The summed E-state index contributed by atoms with van der Waals surface area (Å²) in [5, 5.41) is 10.8. The molecule has 0 radical (unpaired) electrons. The number of hydrogen-bond donors (Lipinski definition) is 2. The molecule has 0 aliphatic rings. The number of carbonyl (C=O) groups excluding carboxylic acids is 1. The van der Waals surface area contributed by atoms with Gasteiger partial charge in [-0.1, -0.05) is 30.3 Å². The van der Waals surface area contributed by atoms with Crippen LogP contribution < -0.4 is 5.32 Å². The van der Waals surface area contributed by atoms with Crippen LogP contribution in [0.5, 0.6) is 0 Å². The maximum absolute atomic E-state index is 12.3. The van der Waals surface area contributed by atoms with E-state index in [1.165, 1.54) is 0 Å². The zero-order valence-corrected chi connectivity index (χ0v) is 11.1. The molecule has 1 heterocycles. The highest BCUT2D eigenvalue weighted by Crippen LogP contribution is 2.15. The van der Waals surface area contributed by atoms with Gasteiger partial charge in [-0.05, 0) is 30.7 Å². The van der Waals surface area contributed by atoms with Crippen LogP contribution in [0.3, 0.4) is 0 Å². The number of aromatic amines is 1. The Bertz CT molecular complexity index is 734. The van der Waals surface area contributed by atoms with E-state index in [9.17, 15) is 4.79 Å². The van der Waals surface area contributed by atoms with E-state index in [0.717, 1.165) is 16.5 Å². The van der Waals surface area contributed by atoms with Crippen molar-refractivity contribution in [3.8, 4) is 0 Å². The van der Waals surface area contributed by atoms with Crippen molar-refractivity contribution in [2.75, 3.05) is 0 Å². The molecule has 1 unspecified atom stereocenters. The van der Waals surface area contributed by atoms with Crippen molar-refractivity contribution in [2.24, 2.45) is 0 Å². The molecule has 1 atom stereocenters. The quantitative estimate of drug-likeness (QED) is 0.764. The van der Waals surface area contributed by atoms with Crippen LogP contribution in [0.2, 0.25) is 0 Å². The van der Waals surface area contributed by atoms with Crippen molar-refractivity contribution in [3.05, 3.63) is 65.9 Å². The fourth-order valence-corrected chi connectivity index (χ4v) is 2.19. The van der Waals surface area contributed by atoms with Gasteiger partial charge in [0.25, 0.3) is 5.91 Å². The number of H-pyrrole nitrogens is 1. The van der Waals surface area contributed by atoms with E-state index in [4.69, 9.17) is 0 Å². The van der Waals surface area contributed by atoms with Gasteiger partial charge in [-0.2, -0.15) is 5.10 Å². The van der Waals surface area contributed by atoms with Gasteiger partial charge in [0, 0.05) is 10.9 Å². The first-order chi connectivity index (χ1) is 9.74. The largest absolute Gasteiger partial charge is 0.346 e. The third-order valence-corrected chi connectivity index (χ3v) is 3.35. The lowest BCUT2D eigenvalue weighted by Crippen LogP contribution is -2.26. The topological polar surface area (TPSA) is 57.8 Å². The van der Waals surface area contributed by atoms with Crippen molar-refractivity contribution in [2.45, 2.75) is 13.0 Å². The second-order valence-corrected chi connectivity index (χ2v) is 4.78. The van der Waals surface area contributed by atoms with Gasteiger partial charge in [0.15, 0.2) is 0 Å². The minimum absolute atomic E-state index is 0.0243. The molecule has 0 spiro atoms. The average Bonchev–Trinajstić information content (AvgIpc) is 2.95. The zero-order chi connectivity index (χ0) is 13.9. The Hall–Kier alpha value is -2.62. The summed E-state index contributed by atoms with van der Waals surface area (Å²) >= 11 is 0. The number of nitrogens with zero attached hydrogens (tertiary/aromatic N) is 1. The van der Waals surface area contributed by atoms with Crippen molar-refractivity contribution in [3.63, 3.8) is 0 Å². The normalized spacial score (nSPS) is 12.2. The Morgan fingerprint density at radius 2 is 2.00 bits per heavy atom. The predicted octanol–water partition coefficient (Wildman–Crippen LogP) is 3.05. The van der Waals surface area contributed by atoms with Gasteiger partial charge in [-0.15, -0.1) is 0 Å². The zero-order valence-electron chi connectivity index (χ0n) is 11.1. The molecule has 1 amide bonds. The minimum Gasteiger partial charge on any atom is -0.346 e. The molecule has 0 aliphatic heterocycles. The summed E-state index contributed by atoms with van der Waals surface area (Å²) in [6.45, 7) is 1.98. The first-order valence-electron chi connectivity index (χ1n) is 6.53. The lowest BCUT2D eigenvalue weighted by Gasteiger charge is -2.14. The maximum atomic E-state index is 12.3. The van der Waals surface area contributed by atoms with Gasteiger partial charge in [0.05, 0.1) is 17.8 Å². The Kier molecular flexibility index (Phi) is 3.21. The number of nitrogens with one attached hydrogen (secondary N) is 2. The molecule has 4 heteroatoms. The Balaban J connectivity index is 1.78. The number of fused-ring (bicyclic) bond motifs is 1. The number of aromatic nitrogens is 2.